The Balaban J connectivity index is 1.56. The van der Waals surface area contributed by atoms with E-state index in [1.165, 1.54) is 7.05 Å². The minimum Gasteiger partial charge on any atom is -0.497 e. The number of piperazine rings is 1. The number of benzene rings is 1. The van der Waals surface area contributed by atoms with E-state index in [-0.39, 0.29) is 12.5 Å². The predicted octanol–water partition coefficient (Wildman–Crippen LogP) is 1.61. The lowest BCUT2D eigenvalue weighted by Gasteiger charge is -2.36. The topological polar surface area (TPSA) is 98.2 Å². The van der Waals surface area contributed by atoms with Crippen LogP contribution in [-0.4, -0.2) is 91.9 Å². The average molecular weight is 428 g/mol. The fraction of sp³-hybridized carbons (Fsp3) is 0.409. The van der Waals surface area contributed by atoms with Gasteiger partial charge in [0.2, 0.25) is 5.91 Å². The van der Waals surface area contributed by atoms with E-state index in [0.717, 1.165) is 53.9 Å². The van der Waals surface area contributed by atoms with Gasteiger partial charge in [-0.25, -0.2) is 9.78 Å². The molecule has 9 nitrogen and oxygen atoms in total. The van der Waals surface area contributed by atoms with Crippen molar-refractivity contribution in [3.05, 3.63) is 42.5 Å². The van der Waals surface area contributed by atoms with Gasteiger partial charge in [-0.1, -0.05) is 18.2 Å². The van der Waals surface area contributed by atoms with Crippen LogP contribution < -0.4 is 15.0 Å². The Morgan fingerprint density at radius 3 is 2.58 bits per heavy atom. The minimum absolute atomic E-state index is 0.146. The Hall–Kier alpha value is -3.33. The maximum atomic E-state index is 11.5. The number of carbonyl (C=O) groups excluding carboxylic acids is 1. The van der Waals surface area contributed by atoms with Crippen LogP contribution >= 0.6 is 0 Å². The summed E-state index contributed by atoms with van der Waals surface area (Å²) < 4.78 is 5.31. The van der Waals surface area contributed by atoms with Gasteiger partial charge < -0.3 is 20.1 Å². The summed E-state index contributed by atoms with van der Waals surface area (Å²) in [5, 5.41) is 11.8. The van der Waals surface area contributed by atoms with Gasteiger partial charge in [0.1, 0.15) is 18.1 Å². The maximum absolute atomic E-state index is 11.5. The molecule has 1 aliphatic heterocycles. The molecule has 1 saturated heterocycles. The van der Waals surface area contributed by atoms with Crippen molar-refractivity contribution >= 4 is 17.8 Å². The smallest absolute Gasteiger partial charge is 0.407 e. The van der Waals surface area contributed by atoms with Crippen molar-refractivity contribution in [3.63, 3.8) is 0 Å². The van der Waals surface area contributed by atoms with Crippen molar-refractivity contribution in [3.8, 4) is 17.0 Å². The number of likely N-dealkylation sites (N-methyl/N-ethyl adjacent to an activating group) is 1. The van der Waals surface area contributed by atoms with Gasteiger partial charge in [-0.2, -0.15) is 0 Å². The van der Waals surface area contributed by atoms with Crippen molar-refractivity contribution in [2.45, 2.75) is 0 Å². The van der Waals surface area contributed by atoms with Crippen LogP contribution in [0.15, 0.2) is 42.5 Å². The van der Waals surface area contributed by atoms with Crippen LogP contribution in [0.1, 0.15) is 0 Å². The molecule has 0 saturated carbocycles. The number of aromatic nitrogens is 1. The number of anilines is 1. The molecule has 1 aromatic heterocycles. The molecule has 31 heavy (non-hydrogen) atoms. The number of nitrogens with one attached hydrogen (secondary N) is 1. The third kappa shape index (κ3) is 6.08. The van der Waals surface area contributed by atoms with Gasteiger partial charge in [0.25, 0.3) is 0 Å². The second-order valence-corrected chi connectivity index (χ2v) is 7.32. The first kappa shape index (κ1) is 22.4. The number of amides is 2. The van der Waals surface area contributed by atoms with Crippen LogP contribution in [0, 0.1) is 0 Å². The summed E-state index contributed by atoms with van der Waals surface area (Å²) in [5.74, 6) is 1.41. The molecule has 0 bridgehead atoms. The van der Waals surface area contributed by atoms with E-state index >= 15 is 0 Å². The molecule has 1 aromatic carbocycles. The lowest BCUT2D eigenvalue weighted by atomic mass is 10.1. The maximum Gasteiger partial charge on any atom is 0.407 e. The van der Waals surface area contributed by atoms with Gasteiger partial charge in [-0.05, 0) is 24.3 Å². The summed E-state index contributed by atoms with van der Waals surface area (Å²) in [7, 11) is 3.15. The fourth-order valence-electron chi connectivity index (χ4n) is 3.50. The molecule has 2 amide bonds. The SMILES string of the molecule is CNC(=O)CN(CCN1CCN(c2cccc(-c3cccc(OC)c3)n2)CC1)C(=O)O. The molecule has 1 fully saturated rings. The molecule has 2 aromatic rings. The van der Waals surface area contributed by atoms with E-state index < -0.39 is 6.09 Å². The van der Waals surface area contributed by atoms with Gasteiger partial charge >= 0.3 is 6.09 Å². The van der Waals surface area contributed by atoms with Gasteiger partial charge in [0.15, 0.2) is 0 Å². The molecule has 0 unspecified atom stereocenters. The Morgan fingerprint density at radius 1 is 1.16 bits per heavy atom. The normalized spacial score (nSPS) is 14.2. The van der Waals surface area contributed by atoms with Gasteiger partial charge in [0, 0.05) is 51.9 Å². The number of carboxylic acid groups (broad SMARTS) is 1. The number of hydrogen-bond acceptors (Lipinski definition) is 6. The van der Waals surface area contributed by atoms with Crippen molar-refractivity contribution < 1.29 is 19.4 Å². The zero-order chi connectivity index (χ0) is 22.2. The highest BCUT2D eigenvalue weighted by molar-refractivity contribution is 5.81. The third-order valence-corrected chi connectivity index (χ3v) is 5.37. The first-order valence-corrected chi connectivity index (χ1v) is 10.3. The van der Waals surface area contributed by atoms with Crippen LogP contribution in [0.25, 0.3) is 11.3 Å². The van der Waals surface area contributed by atoms with Gasteiger partial charge in [-0.3, -0.25) is 14.6 Å². The average Bonchev–Trinajstić information content (AvgIpc) is 2.81. The number of pyridine rings is 1. The number of methoxy groups -OCH3 is 1. The quantitative estimate of drug-likeness (QED) is 0.660. The summed E-state index contributed by atoms with van der Waals surface area (Å²) in [6, 6.07) is 13.8. The molecule has 0 spiro atoms. The molecular formula is C22H29N5O4. The predicted molar refractivity (Wildman–Crippen MR) is 119 cm³/mol. The Kier molecular flexibility index (Phi) is 7.66. The van der Waals surface area contributed by atoms with Crippen LogP contribution in [0.4, 0.5) is 10.6 Å². The summed E-state index contributed by atoms with van der Waals surface area (Å²) in [6.45, 7) is 3.96. The van der Waals surface area contributed by atoms with Crippen molar-refractivity contribution in [2.24, 2.45) is 0 Å². The van der Waals surface area contributed by atoms with Crippen LogP contribution in [-0.2, 0) is 4.79 Å². The van der Waals surface area contributed by atoms with E-state index in [1.54, 1.807) is 7.11 Å². The van der Waals surface area contributed by atoms with Crippen LogP contribution in [0.5, 0.6) is 5.75 Å². The Morgan fingerprint density at radius 2 is 1.90 bits per heavy atom. The number of rotatable bonds is 8. The van der Waals surface area contributed by atoms with Crippen molar-refractivity contribution in [1.82, 2.24) is 20.1 Å². The van der Waals surface area contributed by atoms with Crippen molar-refractivity contribution in [2.75, 3.05) is 64.9 Å². The molecule has 0 atom stereocenters. The van der Waals surface area contributed by atoms with E-state index in [1.807, 2.05) is 42.5 Å². The second-order valence-electron chi connectivity index (χ2n) is 7.32. The lowest BCUT2D eigenvalue weighted by molar-refractivity contribution is -0.121. The highest BCUT2D eigenvalue weighted by atomic mass is 16.5. The summed E-state index contributed by atoms with van der Waals surface area (Å²) in [4.78, 5) is 33.3. The van der Waals surface area contributed by atoms with Crippen LogP contribution in [0.3, 0.4) is 0 Å². The van der Waals surface area contributed by atoms with E-state index in [4.69, 9.17) is 9.72 Å². The summed E-state index contributed by atoms with van der Waals surface area (Å²) in [6.07, 6.45) is -1.08. The largest absolute Gasteiger partial charge is 0.497 e. The van der Waals surface area contributed by atoms with Gasteiger partial charge in [-0.15, -0.1) is 0 Å². The first-order chi connectivity index (χ1) is 15.0. The molecule has 0 aliphatic carbocycles. The number of hydrogen-bond donors (Lipinski definition) is 2. The van der Waals surface area contributed by atoms with Gasteiger partial charge in [0.05, 0.1) is 12.8 Å². The molecule has 166 valence electrons. The number of ether oxygens (including phenoxy) is 1. The Bertz CT molecular complexity index is 899. The van der Waals surface area contributed by atoms with E-state index in [2.05, 4.69) is 15.1 Å². The minimum atomic E-state index is -1.08. The zero-order valence-corrected chi connectivity index (χ0v) is 18.0. The number of nitrogens with zero attached hydrogens (tertiary/aromatic N) is 4. The third-order valence-electron chi connectivity index (χ3n) is 5.37. The second kappa shape index (κ2) is 10.6. The molecule has 9 heteroatoms. The molecular weight excluding hydrogens is 398 g/mol. The lowest BCUT2D eigenvalue weighted by Crippen LogP contribution is -2.50. The van der Waals surface area contributed by atoms with Crippen molar-refractivity contribution in [1.29, 1.82) is 0 Å². The van der Waals surface area contributed by atoms with E-state index in [0.29, 0.717) is 13.1 Å². The monoisotopic (exact) mass is 427 g/mol. The molecule has 0 radical (unpaired) electrons. The standard InChI is InChI=1S/C22H29N5O4/c1-23-21(28)16-27(22(29)30)14-11-25-9-12-26(13-10-25)20-8-4-7-19(24-20)17-5-3-6-18(15-17)31-2/h3-8,15H,9-14,16H2,1-2H3,(H,23,28)(H,29,30). The summed E-state index contributed by atoms with van der Waals surface area (Å²) in [5.41, 5.74) is 1.90. The molecule has 2 heterocycles. The first-order valence-electron chi connectivity index (χ1n) is 10.3. The number of carbonyl (C=O) groups is 2. The van der Waals surface area contributed by atoms with Crippen LogP contribution in [0.2, 0.25) is 0 Å². The molecule has 1 aliphatic rings. The Labute approximate surface area is 182 Å². The summed E-state index contributed by atoms with van der Waals surface area (Å²) >= 11 is 0. The van der Waals surface area contributed by atoms with E-state index in [9.17, 15) is 14.7 Å². The zero-order valence-electron chi connectivity index (χ0n) is 18.0. The molecule has 2 N–H and O–H groups in total. The highest BCUT2D eigenvalue weighted by Gasteiger charge is 2.21. The highest BCUT2D eigenvalue weighted by Crippen LogP contribution is 2.24. The molecule has 3 rings (SSSR count). The fourth-order valence-corrected chi connectivity index (χ4v) is 3.50.